The molecule has 0 bridgehead atoms. The van der Waals surface area contributed by atoms with Crippen molar-refractivity contribution in [2.75, 3.05) is 7.11 Å². The molecule has 2 rings (SSSR count). The normalized spacial score (nSPS) is 10.7. The van der Waals surface area contributed by atoms with Crippen molar-refractivity contribution >= 4 is 6.21 Å². The predicted octanol–water partition coefficient (Wildman–Crippen LogP) is 3.69. The van der Waals surface area contributed by atoms with E-state index in [-0.39, 0.29) is 0 Å². The van der Waals surface area contributed by atoms with E-state index in [9.17, 15) is 0 Å². The molecule has 0 amide bonds. The van der Waals surface area contributed by atoms with Gasteiger partial charge in [-0.05, 0) is 29.7 Å². The fourth-order valence-electron chi connectivity index (χ4n) is 1.85. The van der Waals surface area contributed by atoms with E-state index >= 15 is 0 Å². The zero-order valence-corrected chi connectivity index (χ0v) is 11.8. The lowest BCUT2D eigenvalue weighted by Crippen LogP contribution is -1.92. The molecule has 0 saturated heterocycles. The minimum Gasteiger partial charge on any atom is -0.497 e. The van der Waals surface area contributed by atoms with Crippen LogP contribution in [0.5, 0.6) is 5.75 Å². The third-order valence-electron chi connectivity index (χ3n) is 3.02. The maximum Gasteiger partial charge on any atom is 0.142 e. The van der Waals surface area contributed by atoms with Crippen LogP contribution in [0.2, 0.25) is 0 Å². The van der Waals surface area contributed by atoms with Gasteiger partial charge >= 0.3 is 0 Å². The Balaban J connectivity index is 1.90. The molecule has 0 fully saturated rings. The Bertz CT molecular complexity index is 561. The molecule has 0 unspecified atom stereocenters. The van der Waals surface area contributed by atoms with Gasteiger partial charge in [-0.3, -0.25) is 0 Å². The minimum atomic E-state index is 0.422. The van der Waals surface area contributed by atoms with E-state index in [1.165, 1.54) is 5.56 Å². The van der Waals surface area contributed by atoms with Crippen molar-refractivity contribution in [2.24, 2.45) is 5.16 Å². The molecule has 1 radical (unpaired) electrons. The fourth-order valence-corrected chi connectivity index (χ4v) is 1.85. The van der Waals surface area contributed by atoms with E-state index in [1.807, 2.05) is 42.5 Å². The maximum atomic E-state index is 5.27. The summed E-state index contributed by atoms with van der Waals surface area (Å²) in [5.41, 5.74) is 3.23. The van der Waals surface area contributed by atoms with E-state index in [1.54, 1.807) is 7.11 Å². The third kappa shape index (κ3) is 3.85. The van der Waals surface area contributed by atoms with Gasteiger partial charge in [0.2, 0.25) is 0 Å². The molecule has 2 aromatic carbocycles. The van der Waals surface area contributed by atoms with Crippen LogP contribution in [0.4, 0.5) is 0 Å². The van der Waals surface area contributed by atoms with Crippen molar-refractivity contribution < 1.29 is 9.57 Å². The molecule has 0 atom stereocenters. The van der Waals surface area contributed by atoms with Crippen LogP contribution in [0, 0.1) is 0 Å². The number of benzene rings is 2. The van der Waals surface area contributed by atoms with Crippen molar-refractivity contribution in [1.82, 2.24) is 0 Å². The third-order valence-corrected chi connectivity index (χ3v) is 3.02. The second-order valence-corrected chi connectivity index (χ2v) is 4.34. The second-order valence-electron chi connectivity index (χ2n) is 4.34. The summed E-state index contributed by atoms with van der Waals surface area (Å²) in [5.74, 6) is 0.834. The van der Waals surface area contributed by atoms with Crippen molar-refractivity contribution in [3.05, 3.63) is 65.2 Å². The SMILES string of the molecule is CCc1ccccc1/[C]=N\OCc1ccc(OC)cc1. The highest BCUT2D eigenvalue weighted by Crippen LogP contribution is 2.12. The quantitative estimate of drug-likeness (QED) is 0.591. The lowest BCUT2D eigenvalue weighted by atomic mass is 10.1. The minimum absolute atomic E-state index is 0.422. The lowest BCUT2D eigenvalue weighted by Gasteiger charge is -2.03. The average Bonchev–Trinajstić information content (AvgIpc) is 2.52. The molecule has 2 aromatic rings. The standard InChI is InChI=1S/C17H18NO2/c1-3-15-6-4-5-7-16(15)12-18-20-13-14-8-10-17(19-2)11-9-14/h4-11H,3,13H2,1-2H3. The highest BCUT2D eigenvalue weighted by Gasteiger charge is 1.97. The van der Waals surface area contributed by atoms with Gasteiger partial charge in [0, 0.05) is 5.56 Å². The Labute approximate surface area is 119 Å². The summed E-state index contributed by atoms with van der Waals surface area (Å²) in [6.45, 7) is 2.53. The molecule has 0 heterocycles. The Morgan fingerprint density at radius 3 is 2.50 bits per heavy atom. The van der Waals surface area contributed by atoms with Crippen LogP contribution in [0.1, 0.15) is 23.6 Å². The molecule has 103 valence electrons. The number of aryl methyl sites for hydroxylation is 1. The molecule has 0 aliphatic heterocycles. The van der Waals surface area contributed by atoms with Crippen LogP contribution in [0.15, 0.2) is 53.7 Å². The summed E-state index contributed by atoms with van der Waals surface area (Å²) < 4.78 is 5.10. The largest absolute Gasteiger partial charge is 0.497 e. The predicted molar refractivity (Wildman–Crippen MR) is 80.1 cm³/mol. The Kier molecular flexibility index (Phi) is 5.18. The number of nitrogens with zero attached hydrogens (tertiary/aromatic N) is 1. The Hall–Kier alpha value is -2.29. The smallest absolute Gasteiger partial charge is 0.142 e. The molecule has 3 heteroatoms. The van der Waals surface area contributed by atoms with Crippen molar-refractivity contribution in [3.63, 3.8) is 0 Å². The van der Waals surface area contributed by atoms with Crippen LogP contribution in [-0.2, 0) is 17.9 Å². The molecule has 0 aromatic heterocycles. The van der Waals surface area contributed by atoms with Gasteiger partial charge in [-0.15, -0.1) is 0 Å². The summed E-state index contributed by atoms with van der Waals surface area (Å²) >= 11 is 0. The van der Waals surface area contributed by atoms with Gasteiger partial charge in [0.05, 0.1) is 7.11 Å². The monoisotopic (exact) mass is 268 g/mol. The Morgan fingerprint density at radius 1 is 1.05 bits per heavy atom. The summed E-state index contributed by atoms with van der Waals surface area (Å²) in [5, 5.41) is 3.91. The average molecular weight is 268 g/mol. The van der Waals surface area contributed by atoms with E-state index < -0.39 is 0 Å². The molecule has 0 saturated carbocycles. The van der Waals surface area contributed by atoms with E-state index in [0.29, 0.717) is 6.61 Å². The highest BCUT2D eigenvalue weighted by molar-refractivity contribution is 5.81. The van der Waals surface area contributed by atoms with Gasteiger partial charge in [0.15, 0.2) is 0 Å². The first-order chi connectivity index (χ1) is 9.83. The van der Waals surface area contributed by atoms with Crippen molar-refractivity contribution in [2.45, 2.75) is 20.0 Å². The van der Waals surface area contributed by atoms with Crippen LogP contribution in [-0.4, -0.2) is 13.3 Å². The molecule has 0 N–H and O–H groups in total. The molecule has 0 aliphatic carbocycles. The van der Waals surface area contributed by atoms with Crippen molar-refractivity contribution in [1.29, 1.82) is 0 Å². The van der Waals surface area contributed by atoms with E-state index in [2.05, 4.69) is 24.4 Å². The van der Waals surface area contributed by atoms with Crippen LogP contribution in [0.3, 0.4) is 0 Å². The maximum absolute atomic E-state index is 5.27. The first-order valence-corrected chi connectivity index (χ1v) is 6.62. The number of hydrogen-bond acceptors (Lipinski definition) is 3. The fraction of sp³-hybridized carbons (Fsp3) is 0.235. The second kappa shape index (κ2) is 7.34. The van der Waals surface area contributed by atoms with Gasteiger partial charge in [-0.25, -0.2) is 0 Å². The molecule has 0 aliphatic rings. The van der Waals surface area contributed by atoms with Crippen LogP contribution >= 0.6 is 0 Å². The van der Waals surface area contributed by atoms with Gasteiger partial charge in [-0.2, -0.15) is 0 Å². The van der Waals surface area contributed by atoms with Crippen molar-refractivity contribution in [3.8, 4) is 5.75 Å². The summed E-state index contributed by atoms with van der Waals surface area (Å²) in [7, 11) is 1.65. The molecule has 0 spiro atoms. The molecular formula is C17H18NO2. The number of ether oxygens (including phenoxy) is 1. The Morgan fingerprint density at radius 2 is 1.80 bits per heavy atom. The van der Waals surface area contributed by atoms with Gasteiger partial charge in [-0.1, -0.05) is 48.5 Å². The first-order valence-electron chi connectivity index (χ1n) is 6.62. The summed E-state index contributed by atoms with van der Waals surface area (Å²) in [6.07, 6.45) is 3.89. The number of methoxy groups -OCH3 is 1. The number of hydrogen-bond donors (Lipinski definition) is 0. The molecular weight excluding hydrogens is 250 g/mol. The van der Waals surface area contributed by atoms with E-state index in [0.717, 1.165) is 23.3 Å². The first kappa shape index (κ1) is 14.1. The number of rotatable bonds is 6. The zero-order chi connectivity index (χ0) is 14.2. The van der Waals surface area contributed by atoms with Gasteiger partial charge in [0.25, 0.3) is 0 Å². The molecule has 20 heavy (non-hydrogen) atoms. The van der Waals surface area contributed by atoms with Crippen LogP contribution in [0.25, 0.3) is 0 Å². The summed E-state index contributed by atoms with van der Waals surface area (Å²) in [4.78, 5) is 5.27. The zero-order valence-electron chi connectivity index (χ0n) is 11.8. The van der Waals surface area contributed by atoms with Gasteiger partial charge < -0.3 is 9.57 Å². The van der Waals surface area contributed by atoms with Crippen LogP contribution < -0.4 is 4.74 Å². The van der Waals surface area contributed by atoms with Gasteiger partial charge in [0.1, 0.15) is 18.6 Å². The topological polar surface area (TPSA) is 30.8 Å². The highest BCUT2D eigenvalue weighted by atomic mass is 16.6. The lowest BCUT2D eigenvalue weighted by molar-refractivity contribution is 0.132. The molecule has 3 nitrogen and oxygen atoms in total. The summed E-state index contributed by atoms with van der Waals surface area (Å²) in [6, 6.07) is 15.8. The van der Waals surface area contributed by atoms with E-state index in [4.69, 9.17) is 9.57 Å².